The minimum atomic E-state index is -1.22. The number of rotatable bonds is 9. The van der Waals surface area contributed by atoms with Gasteiger partial charge in [-0.15, -0.1) is 0 Å². The van der Waals surface area contributed by atoms with Crippen molar-refractivity contribution in [1.82, 2.24) is 0 Å². The highest BCUT2D eigenvalue weighted by molar-refractivity contribution is 7.19. The Kier molecular flexibility index (Phi) is 9.29. The van der Waals surface area contributed by atoms with Gasteiger partial charge in [0, 0.05) is 12.0 Å². The molecule has 0 spiro atoms. The second-order valence-electron chi connectivity index (χ2n) is 15.2. The Bertz CT molecular complexity index is 1820. The lowest BCUT2D eigenvalue weighted by Crippen LogP contribution is -2.74. The Morgan fingerprint density at radius 3 is 1.44 bits per heavy atom. The molecule has 0 aliphatic carbocycles. The van der Waals surface area contributed by atoms with Crippen molar-refractivity contribution in [1.29, 1.82) is 0 Å². The summed E-state index contributed by atoms with van der Waals surface area (Å²) in [6.45, 7) is 12.9. The number of hydrogen-bond acceptors (Lipinski definition) is 1. The van der Waals surface area contributed by atoms with E-state index < -0.39 is 6.15 Å². The second-order valence-corrected chi connectivity index (χ2v) is 15.2. The van der Waals surface area contributed by atoms with Gasteiger partial charge in [0.15, 0.2) is 5.54 Å². The fraction of sp³-hybridized carbons (Fsp3) is 0.234. The monoisotopic (exact) mass is 655 g/mol. The molecule has 2 heterocycles. The zero-order valence-corrected chi connectivity index (χ0v) is 30.1. The summed E-state index contributed by atoms with van der Waals surface area (Å²) in [7, 11) is 0. The van der Waals surface area contributed by atoms with Crippen LogP contribution in [-0.2, 0) is 12.0 Å². The molecule has 3 atom stereocenters. The molecule has 0 bridgehead atoms. The van der Waals surface area contributed by atoms with E-state index in [2.05, 4.69) is 204 Å². The molecule has 6 aromatic rings. The first-order valence-corrected chi connectivity index (χ1v) is 18.4. The highest BCUT2D eigenvalue weighted by Crippen LogP contribution is 2.63. The van der Waals surface area contributed by atoms with Crippen molar-refractivity contribution in [2.45, 2.75) is 57.7 Å². The van der Waals surface area contributed by atoms with Crippen LogP contribution < -0.4 is 26.6 Å². The van der Waals surface area contributed by atoms with Gasteiger partial charge in [0.2, 0.25) is 0 Å². The predicted molar refractivity (Wildman–Crippen MR) is 213 cm³/mol. The lowest BCUT2D eigenvalue weighted by molar-refractivity contribution is -0.832. The van der Waals surface area contributed by atoms with Crippen LogP contribution in [0.3, 0.4) is 0 Å². The third-order valence-corrected chi connectivity index (χ3v) is 12.2. The maximum absolute atomic E-state index is 5.96. The molecule has 0 saturated carbocycles. The summed E-state index contributed by atoms with van der Waals surface area (Å²) in [6.07, 6.45) is 0.255. The van der Waals surface area contributed by atoms with Gasteiger partial charge in [0.25, 0.3) is 0 Å². The van der Waals surface area contributed by atoms with E-state index in [-0.39, 0.29) is 11.5 Å². The lowest BCUT2D eigenvalue weighted by atomic mass is 9.13. The number of hydrogen-bond donors (Lipinski definition) is 0. The molecule has 3 unspecified atom stereocenters. The summed E-state index contributed by atoms with van der Waals surface area (Å²) in [5.41, 5.74) is 8.82. The van der Waals surface area contributed by atoms with Crippen LogP contribution in [0.1, 0.15) is 45.2 Å². The zero-order valence-electron chi connectivity index (χ0n) is 30.1. The minimum absolute atomic E-state index is 0.219. The summed E-state index contributed by atoms with van der Waals surface area (Å²) < 4.78 is 7.20. The van der Waals surface area contributed by atoms with E-state index >= 15 is 0 Å². The van der Waals surface area contributed by atoms with Crippen molar-refractivity contribution < 1.29 is 9.22 Å². The van der Waals surface area contributed by atoms with E-state index in [1.165, 1.54) is 57.0 Å². The van der Waals surface area contributed by atoms with Crippen LogP contribution in [0.5, 0.6) is 5.75 Å². The van der Waals surface area contributed by atoms with E-state index in [1.54, 1.807) is 0 Å². The van der Waals surface area contributed by atoms with Gasteiger partial charge < -0.3 is 9.22 Å². The fourth-order valence-corrected chi connectivity index (χ4v) is 9.29. The van der Waals surface area contributed by atoms with Crippen molar-refractivity contribution in [3.63, 3.8) is 0 Å². The lowest BCUT2D eigenvalue weighted by Gasteiger charge is -2.44. The van der Waals surface area contributed by atoms with Gasteiger partial charge >= 0.3 is 0 Å². The third kappa shape index (κ3) is 5.99. The first-order chi connectivity index (χ1) is 24.3. The Morgan fingerprint density at radius 2 is 1.02 bits per heavy atom. The summed E-state index contributed by atoms with van der Waals surface area (Å²) >= 11 is 0. The Labute approximate surface area is 299 Å². The average Bonchev–Trinajstić information content (AvgIpc) is 3.70. The first kappa shape index (κ1) is 33.6. The molecule has 0 aromatic heterocycles. The smallest absolute Gasteiger partial charge is 0.156 e. The number of benzene rings is 6. The zero-order chi connectivity index (χ0) is 34.7. The number of ether oxygens (including phenoxy) is 1. The van der Waals surface area contributed by atoms with Crippen LogP contribution in [0.25, 0.3) is 0 Å². The normalized spacial score (nSPS) is 22.3. The van der Waals surface area contributed by atoms with Gasteiger partial charge in [-0.25, -0.2) is 0 Å². The number of quaternary nitrogens is 1. The standard InChI is InChI=1S/C24H20B.C23H30NO/c1-5-13-21(14-6-1)25(22-15-7-2-8-16-22,23-17-9-3-10-18-23)24-19-11-4-12-20-24;1-18(2)25-21-12-8-11-20(15-21)22(3)13-14-24(17-23(22,24)4)16-19-9-6-5-7-10-19/h1-20H;5-12,15,18H,13-14,16-17H2,1-4H3/q-1;+1. The van der Waals surface area contributed by atoms with Crippen LogP contribution in [0, 0.1) is 0 Å². The van der Waals surface area contributed by atoms with Crippen LogP contribution in [-0.4, -0.2) is 35.4 Å². The SMILES string of the molecule is CC(C)Oc1cccc(C2(C)CC[N+]3(Cc4ccccc4)CC23C)c1.c1ccc([B-](c2ccccc2)(c2ccccc2)c2ccccc2)cc1. The topological polar surface area (TPSA) is 9.23 Å². The maximum atomic E-state index is 5.96. The van der Waals surface area contributed by atoms with Gasteiger partial charge in [0.05, 0.1) is 18.1 Å². The van der Waals surface area contributed by atoms with Crippen LogP contribution in [0.4, 0.5) is 0 Å². The van der Waals surface area contributed by atoms with E-state index in [9.17, 15) is 0 Å². The highest BCUT2D eigenvalue weighted by atomic mass is 16.5. The molecule has 0 radical (unpaired) electrons. The van der Waals surface area contributed by atoms with Crippen molar-refractivity contribution in [3.8, 4) is 5.75 Å². The quantitative estimate of drug-likeness (QED) is 0.0872. The van der Waals surface area contributed by atoms with Gasteiger partial charge in [-0.05, 0) is 45.4 Å². The molecule has 3 heteroatoms. The summed E-state index contributed by atoms with van der Waals surface area (Å²) in [5, 5.41) is 0. The molecule has 0 amide bonds. The van der Waals surface area contributed by atoms with Crippen LogP contribution in [0.15, 0.2) is 176 Å². The number of piperidine rings is 1. The van der Waals surface area contributed by atoms with Gasteiger partial charge in [-0.3, -0.25) is 0 Å². The van der Waals surface area contributed by atoms with E-state index in [1.807, 2.05) is 0 Å². The molecule has 2 nitrogen and oxygen atoms in total. The van der Waals surface area contributed by atoms with Crippen molar-refractivity contribution in [2.75, 3.05) is 13.1 Å². The maximum Gasteiger partial charge on any atom is 0.156 e. The second kappa shape index (κ2) is 13.8. The largest absolute Gasteiger partial charge is 0.491 e. The first-order valence-electron chi connectivity index (χ1n) is 18.4. The Hall–Kier alpha value is -4.86. The van der Waals surface area contributed by atoms with Crippen molar-refractivity contribution in [2.24, 2.45) is 0 Å². The molecule has 252 valence electrons. The molecule has 8 rings (SSSR count). The van der Waals surface area contributed by atoms with E-state index in [0.29, 0.717) is 5.54 Å². The fourth-order valence-electron chi connectivity index (χ4n) is 9.29. The molecule has 2 aliphatic heterocycles. The molecule has 2 aliphatic rings. The van der Waals surface area contributed by atoms with Crippen LogP contribution >= 0.6 is 0 Å². The molecule has 6 aromatic carbocycles. The van der Waals surface area contributed by atoms with Gasteiger partial charge in [-0.1, -0.05) is 164 Å². The molecular formula is C47H50BNO. The van der Waals surface area contributed by atoms with Gasteiger partial charge in [-0.2, -0.15) is 21.9 Å². The minimum Gasteiger partial charge on any atom is -0.491 e. The Balaban J connectivity index is 0.000000157. The highest BCUT2D eigenvalue weighted by Gasteiger charge is 2.78. The average molecular weight is 656 g/mol. The predicted octanol–water partition coefficient (Wildman–Crippen LogP) is 7.99. The summed E-state index contributed by atoms with van der Waals surface area (Å²) in [6, 6.07) is 63.4. The molecule has 0 N–H and O–H groups in total. The molecule has 50 heavy (non-hydrogen) atoms. The number of fused-ring (bicyclic) bond motifs is 1. The molecule has 2 fully saturated rings. The third-order valence-electron chi connectivity index (χ3n) is 12.2. The van der Waals surface area contributed by atoms with E-state index in [0.717, 1.165) is 12.3 Å². The van der Waals surface area contributed by atoms with Crippen molar-refractivity contribution in [3.05, 3.63) is 187 Å². The van der Waals surface area contributed by atoms with Crippen molar-refractivity contribution >= 4 is 28.0 Å². The Morgan fingerprint density at radius 1 is 0.580 bits per heavy atom. The molecular weight excluding hydrogens is 605 g/mol. The van der Waals surface area contributed by atoms with Gasteiger partial charge in [0.1, 0.15) is 25.0 Å². The summed E-state index contributed by atoms with van der Waals surface area (Å²) in [4.78, 5) is 0. The summed E-state index contributed by atoms with van der Waals surface area (Å²) in [5.74, 6) is 1.01. The van der Waals surface area contributed by atoms with Crippen LogP contribution in [0.2, 0.25) is 0 Å². The molecule has 2 saturated heterocycles. The number of nitrogens with zero attached hydrogens (tertiary/aromatic N) is 1. The van der Waals surface area contributed by atoms with E-state index in [4.69, 9.17) is 4.74 Å².